The van der Waals surface area contributed by atoms with E-state index in [1.807, 2.05) is 19.9 Å². The van der Waals surface area contributed by atoms with Gasteiger partial charge in [0.15, 0.2) is 0 Å². The molecule has 5 nitrogen and oxygen atoms in total. The third kappa shape index (κ3) is 2.96. The SMILES string of the molecule is CC1CN(S(=O)(=O)c2ccc(C#N)cc2Cl)CC(C)N1. The van der Waals surface area contributed by atoms with Gasteiger partial charge in [0.05, 0.1) is 16.7 Å². The van der Waals surface area contributed by atoms with Crippen LogP contribution < -0.4 is 5.32 Å². The number of piperazine rings is 1. The molecule has 1 fully saturated rings. The largest absolute Gasteiger partial charge is 0.309 e. The Balaban J connectivity index is 2.38. The predicted octanol–water partition coefficient (Wildman–Crippen LogP) is 1.58. The van der Waals surface area contributed by atoms with E-state index in [2.05, 4.69) is 5.32 Å². The van der Waals surface area contributed by atoms with E-state index in [-0.39, 0.29) is 22.0 Å². The van der Waals surface area contributed by atoms with Crippen molar-refractivity contribution in [2.45, 2.75) is 30.8 Å². The standard InChI is InChI=1S/C13H16ClN3O2S/c1-9-7-17(8-10(2)16-9)20(18,19)13-4-3-11(6-15)5-12(13)14/h3-5,9-10,16H,7-8H2,1-2H3. The van der Waals surface area contributed by atoms with Crippen LogP contribution >= 0.6 is 11.6 Å². The van der Waals surface area contributed by atoms with Crippen molar-refractivity contribution < 1.29 is 8.42 Å². The predicted molar refractivity (Wildman–Crippen MR) is 77.0 cm³/mol. The third-order valence-electron chi connectivity index (χ3n) is 3.20. The lowest BCUT2D eigenvalue weighted by Gasteiger charge is -2.35. The quantitative estimate of drug-likeness (QED) is 0.899. The Morgan fingerprint density at radius 1 is 1.35 bits per heavy atom. The fourth-order valence-electron chi connectivity index (χ4n) is 2.39. The molecule has 1 aromatic carbocycles. The molecular weight excluding hydrogens is 298 g/mol. The minimum Gasteiger partial charge on any atom is -0.309 e. The summed E-state index contributed by atoms with van der Waals surface area (Å²) in [5.74, 6) is 0. The van der Waals surface area contributed by atoms with Crippen molar-refractivity contribution in [1.29, 1.82) is 5.26 Å². The smallest absolute Gasteiger partial charge is 0.244 e. The number of hydrogen-bond donors (Lipinski definition) is 1. The Bertz CT molecular complexity index is 644. The average Bonchev–Trinajstić information content (AvgIpc) is 2.37. The number of sulfonamides is 1. The minimum absolute atomic E-state index is 0.0551. The van der Waals surface area contributed by atoms with E-state index in [9.17, 15) is 8.42 Å². The van der Waals surface area contributed by atoms with Gasteiger partial charge in [-0.05, 0) is 32.0 Å². The lowest BCUT2D eigenvalue weighted by molar-refractivity contribution is 0.263. The zero-order valence-electron chi connectivity index (χ0n) is 11.3. The summed E-state index contributed by atoms with van der Waals surface area (Å²) in [4.78, 5) is 0.0551. The molecule has 0 bridgehead atoms. The second kappa shape index (κ2) is 5.70. The number of nitrogens with one attached hydrogen (secondary N) is 1. The van der Waals surface area contributed by atoms with Gasteiger partial charge in [-0.2, -0.15) is 9.57 Å². The summed E-state index contributed by atoms with van der Waals surface area (Å²) in [5, 5.41) is 12.2. The van der Waals surface area contributed by atoms with Crippen LogP contribution in [-0.4, -0.2) is 37.9 Å². The summed E-state index contributed by atoms with van der Waals surface area (Å²) in [6.45, 7) is 4.70. The molecule has 2 atom stereocenters. The van der Waals surface area contributed by atoms with Crippen LogP contribution in [0.25, 0.3) is 0 Å². The topological polar surface area (TPSA) is 73.2 Å². The van der Waals surface area contributed by atoms with Gasteiger partial charge in [-0.25, -0.2) is 8.42 Å². The van der Waals surface area contributed by atoms with Crippen molar-refractivity contribution in [3.63, 3.8) is 0 Å². The fraction of sp³-hybridized carbons (Fsp3) is 0.462. The summed E-state index contributed by atoms with van der Waals surface area (Å²) in [6.07, 6.45) is 0. The number of halogens is 1. The molecule has 0 saturated carbocycles. The maximum absolute atomic E-state index is 12.6. The first kappa shape index (κ1) is 15.3. The van der Waals surface area contributed by atoms with Crippen molar-refractivity contribution in [1.82, 2.24) is 9.62 Å². The summed E-state index contributed by atoms with van der Waals surface area (Å²) in [7, 11) is -3.63. The molecule has 108 valence electrons. The first-order chi connectivity index (χ1) is 9.34. The molecule has 1 saturated heterocycles. The van der Waals surface area contributed by atoms with Crippen LogP contribution in [-0.2, 0) is 10.0 Å². The van der Waals surface area contributed by atoms with E-state index in [0.717, 1.165) is 0 Å². The van der Waals surface area contributed by atoms with E-state index < -0.39 is 10.0 Å². The highest BCUT2D eigenvalue weighted by Crippen LogP contribution is 2.26. The van der Waals surface area contributed by atoms with Crippen molar-refractivity contribution in [3.05, 3.63) is 28.8 Å². The van der Waals surface area contributed by atoms with Gasteiger partial charge in [0.2, 0.25) is 10.0 Å². The van der Waals surface area contributed by atoms with Crippen molar-refractivity contribution in [3.8, 4) is 6.07 Å². The molecule has 1 heterocycles. The van der Waals surface area contributed by atoms with Crippen LogP contribution in [0.1, 0.15) is 19.4 Å². The maximum Gasteiger partial charge on any atom is 0.244 e. The zero-order chi connectivity index (χ0) is 14.9. The van der Waals surface area contributed by atoms with Gasteiger partial charge in [-0.15, -0.1) is 0 Å². The Hall–Kier alpha value is -1.13. The number of rotatable bonds is 2. The van der Waals surface area contributed by atoms with Gasteiger partial charge in [-0.3, -0.25) is 0 Å². The van der Waals surface area contributed by atoms with Crippen LogP contribution in [0.4, 0.5) is 0 Å². The van der Waals surface area contributed by atoms with Crippen molar-refractivity contribution in [2.75, 3.05) is 13.1 Å². The molecule has 0 radical (unpaired) electrons. The fourth-order valence-corrected chi connectivity index (χ4v) is 4.53. The second-order valence-corrected chi connectivity index (χ2v) is 7.36. The first-order valence-electron chi connectivity index (χ1n) is 6.30. The third-order valence-corrected chi connectivity index (χ3v) is 5.52. The Labute approximate surface area is 124 Å². The van der Waals surface area contributed by atoms with Gasteiger partial charge in [-0.1, -0.05) is 11.6 Å². The molecule has 0 aromatic heterocycles. The molecule has 1 aromatic rings. The molecule has 20 heavy (non-hydrogen) atoms. The Morgan fingerprint density at radius 3 is 2.45 bits per heavy atom. The maximum atomic E-state index is 12.6. The summed E-state index contributed by atoms with van der Waals surface area (Å²) >= 11 is 6.01. The summed E-state index contributed by atoms with van der Waals surface area (Å²) in [5.41, 5.74) is 0.344. The molecule has 1 N–H and O–H groups in total. The lowest BCUT2D eigenvalue weighted by atomic mass is 10.2. The number of benzene rings is 1. The zero-order valence-corrected chi connectivity index (χ0v) is 12.9. The number of nitriles is 1. The van der Waals surface area contributed by atoms with Crippen LogP contribution in [0.15, 0.2) is 23.1 Å². The number of nitrogens with zero attached hydrogens (tertiary/aromatic N) is 2. The summed E-state index contributed by atoms with van der Waals surface area (Å²) in [6, 6.07) is 6.36. The van der Waals surface area contributed by atoms with Crippen molar-refractivity contribution >= 4 is 21.6 Å². The lowest BCUT2D eigenvalue weighted by Crippen LogP contribution is -2.55. The van der Waals surface area contributed by atoms with Gasteiger partial charge in [0.1, 0.15) is 4.90 Å². The monoisotopic (exact) mass is 313 g/mol. The van der Waals surface area contributed by atoms with Gasteiger partial charge >= 0.3 is 0 Å². The normalized spacial score (nSPS) is 24.3. The molecule has 0 amide bonds. The molecule has 2 rings (SSSR count). The van der Waals surface area contributed by atoms with E-state index in [1.165, 1.54) is 22.5 Å². The van der Waals surface area contributed by atoms with Crippen LogP contribution in [0, 0.1) is 11.3 Å². The van der Waals surface area contributed by atoms with E-state index in [1.54, 1.807) is 0 Å². The molecule has 2 unspecified atom stereocenters. The highest BCUT2D eigenvalue weighted by atomic mass is 35.5. The van der Waals surface area contributed by atoms with Gasteiger partial charge in [0, 0.05) is 25.2 Å². The van der Waals surface area contributed by atoms with E-state index in [0.29, 0.717) is 18.7 Å². The molecule has 0 aliphatic carbocycles. The second-order valence-electron chi connectivity index (χ2n) is 5.05. The molecule has 7 heteroatoms. The number of hydrogen-bond acceptors (Lipinski definition) is 4. The summed E-state index contributed by atoms with van der Waals surface area (Å²) < 4.78 is 26.7. The van der Waals surface area contributed by atoms with Crippen LogP contribution in [0.5, 0.6) is 0 Å². The average molecular weight is 314 g/mol. The van der Waals surface area contributed by atoms with Crippen LogP contribution in [0.3, 0.4) is 0 Å². The highest BCUT2D eigenvalue weighted by molar-refractivity contribution is 7.89. The Kier molecular flexibility index (Phi) is 4.35. The van der Waals surface area contributed by atoms with Crippen molar-refractivity contribution in [2.24, 2.45) is 0 Å². The highest BCUT2D eigenvalue weighted by Gasteiger charge is 2.32. The van der Waals surface area contributed by atoms with Gasteiger partial charge < -0.3 is 5.32 Å². The van der Waals surface area contributed by atoms with E-state index in [4.69, 9.17) is 16.9 Å². The van der Waals surface area contributed by atoms with Crippen LogP contribution in [0.2, 0.25) is 5.02 Å². The molecule has 1 aliphatic heterocycles. The first-order valence-corrected chi connectivity index (χ1v) is 8.12. The molecule has 0 spiro atoms. The minimum atomic E-state index is -3.63. The van der Waals surface area contributed by atoms with Gasteiger partial charge in [0.25, 0.3) is 0 Å². The Morgan fingerprint density at radius 2 is 1.95 bits per heavy atom. The molecular formula is C13H16ClN3O2S. The van der Waals surface area contributed by atoms with E-state index >= 15 is 0 Å². The molecule has 1 aliphatic rings.